The van der Waals surface area contributed by atoms with E-state index in [9.17, 15) is 0 Å². The van der Waals surface area contributed by atoms with E-state index < -0.39 is 0 Å². The Hall–Kier alpha value is -0.120. The summed E-state index contributed by atoms with van der Waals surface area (Å²) in [7, 11) is 0. The molecule has 0 amide bonds. The van der Waals surface area contributed by atoms with Crippen LogP contribution in [-0.4, -0.2) is 30.5 Å². The van der Waals surface area contributed by atoms with Gasteiger partial charge in [0.25, 0.3) is 0 Å². The molecule has 0 bridgehead atoms. The lowest BCUT2D eigenvalue weighted by Gasteiger charge is -2.44. The first kappa shape index (κ1) is 13.8. The Balaban J connectivity index is 1.61. The molecule has 1 saturated heterocycles. The predicted molar refractivity (Wildman–Crippen MR) is 76.1 cm³/mol. The third-order valence-electron chi connectivity index (χ3n) is 5.52. The lowest BCUT2D eigenvalue weighted by atomic mass is 9.83. The fraction of sp³-hybridized carbons (Fsp3) is 1.00. The van der Waals surface area contributed by atoms with E-state index in [0.717, 1.165) is 32.3 Å². The second kappa shape index (κ2) is 5.71. The van der Waals surface area contributed by atoms with Gasteiger partial charge in [0.15, 0.2) is 0 Å². The van der Waals surface area contributed by atoms with Crippen molar-refractivity contribution >= 4 is 0 Å². The van der Waals surface area contributed by atoms with E-state index in [1.165, 1.54) is 44.9 Å². The molecule has 1 unspecified atom stereocenters. The minimum absolute atomic E-state index is 0.0138. The second-order valence-corrected chi connectivity index (χ2v) is 6.92. The first-order valence-corrected chi connectivity index (χ1v) is 8.28. The fourth-order valence-electron chi connectivity index (χ4n) is 4.37. The van der Waals surface area contributed by atoms with Crippen LogP contribution in [0.3, 0.4) is 0 Å². The van der Waals surface area contributed by atoms with Crippen LogP contribution in [0.4, 0.5) is 0 Å². The topological polar surface area (TPSA) is 44.5 Å². The van der Waals surface area contributed by atoms with Crippen molar-refractivity contribution in [2.75, 3.05) is 13.2 Å². The van der Waals surface area contributed by atoms with Crippen LogP contribution < -0.4 is 5.73 Å². The summed E-state index contributed by atoms with van der Waals surface area (Å²) in [5, 5.41) is 0. The Bertz CT molecular complexity index is 293. The fourth-order valence-corrected chi connectivity index (χ4v) is 4.37. The first-order chi connectivity index (χ1) is 9.26. The highest BCUT2D eigenvalue weighted by Crippen LogP contribution is 2.42. The number of rotatable bonds is 3. The van der Waals surface area contributed by atoms with Gasteiger partial charge in [-0.05, 0) is 32.1 Å². The lowest BCUT2D eigenvalue weighted by Crippen LogP contribution is -2.49. The maximum Gasteiger partial charge on any atom is 0.0807 e. The standard InChI is InChI=1S/C16H29NO2/c17-13-16(9-2-1-3-10-16)19-14-6-11-18-15(12-14)7-4-5-8-15/h14H,1-13,17H2. The lowest BCUT2D eigenvalue weighted by molar-refractivity contribution is -0.178. The number of nitrogens with two attached hydrogens (primary N) is 1. The third-order valence-corrected chi connectivity index (χ3v) is 5.52. The monoisotopic (exact) mass is 267 g/mol. The molecule has 1 atom stereocenters. The minimum Gasteiger partial charge on any atom is -0.375 e. The molecule has 3 aliphatic rings. The van der Waals surface area contributed by atoms with Gasteiger partial charge in [-0.1, -0.05) is 32.1 Å². The molecule has 2 aliphatic carbocycles. The molecule has 1 spiro atoms. The van der Waals surface area contributed by atoms with E-state index in [2.05, 4.69) is 0 Å². The molecule has 1 aliphatic heterocycles. The molecule has 2 N–H and O–H groups in total. The normalized spacial score (nSPS) is 33.6. The van der Waals surface area contributed by atoms with Gasteiger partial charge in [0.05, 0.1) is 17.3 Å². The summed E-state index contributed by atoms with van der Waals surface area (Å²) in [6.07, 6.45) is 13.9. The highest BCUT2D eigenvalue weighted by molar-refractivity contribution is 4.94. The zero-order chi connectivity index (χ0) is 13.2. The summed E-state index contributed by atoms with van der Waals surface area (Å²) in [5.41, 5.74) is 6.19. The Kier molecular flexibility index (Phi) is 4.16. The van der Waals surface area contributed by atoms with Crippen molar-refractivity contribution in [3.05, 3.63) is 0 Å². The van der Waals surface area contributed by atoms with Gasteiger partial charge < -0.3 is 15.2 Å². The van der Waals surface area contributed by atoms with E-state index in [1.807, 2.05) is 0 Å². The zero-order valence-electron chi connectivity index (χ0n) is 12.2. The quantitative estimate of drug-likeness (QED) is 0.854. The van der Waals surface area contributed by atoms with Crippen molar-refractivity contribution in [2.24, 2.45) is 5.73 Å². The molecule has 1 heterocycles. The van der Waals surface area contributed by atoms with Gasteiger partial charge in [-0.2, -0.15) is 0 Å². The average molecular weight is 267 g/mol. The molecule has 0 aromatic heterocycles. The highest BCUT2D eigenvalue weighted by Gasteiger charge is 2.43. The van der Waals surface area contributed by atoms with Crippen LogP contribution in [0, 0.1) is 0 Å². The molecular weight excluding hydrogens is 238 g/mol. The van der Waals surface area contributed by atoms with E-state index in [4.69, 9.17) is 15.2 Å². The first-order valence-electron chi connectivity index (χ1n) is 8.28. The highest BCUT2D eigenvalue weighted by atomic mass is 16.5. The van der Waals surface area contributed by atoms with Crippen molar-refractivity contribution in [1.29, 1.82) is 0 Å². The van der Waals surface area contributed by atoms with E-state index in [0.29, 0.717) is 12.6 Å². The van der Waals surface area contributed by atoms with Crippen LogP contribution in [0.2, 0.25) is 0 Å². The molecule has 0 radical (unpaired) electrons. The van der Waals surface area contributed by atoms with Gasteiger partial charge in [-0.15, -0.1) is 0 Å². The smallest absolute Gasteiger partial charge is 0.0807 e. The van der Waals surface area contributed by atoms with Crippen LogP contribution in [0.1, 0.15) is 70.6 Å². The predicted octanol–water partition coefficient (Wildman–Crippen LogP) is 3.16. The van der Waals surface area contributed by atoms with E-state index >= 15 is 0 Å². The Labute approximate surface area is 117 Å². The molecule has 3 nitrogen and oxygen atoms in total. The van der Waals surface area contributed by atoms with Gasteiger partial charge in [-0.25, -0.2) is 0 Å². The van der Waals surface area contributed by atoms with Gasteiger partial charge in [0.1, 0.15) is 0 Å². The zero-order valence-corrected chi connectivity index (χ0v) is 12.2. The molecular formula is C16H29NO2. The molecule has 3 heteroatoms. The van der Waals surface area contributed by atoms with Gasteiger partial charge in [0.2, 0.25) is 0 Å². The molecule has 2 saturated carbocycles. The van der Waals surface area contributed by atoms with Crippen LogP contribution >= 0.6 is 0 Å². The van der Waals surface area contributed by atoms with Crippen molar-refractivity contribution in [2.45, 2.75) is 87.9 Å². The molecule has 0 aromatic carbocycles. The Morgan fingerprint density at radius 3 is 2.37 bits per heavy atom. The molecule has 0 aromatic rings. The summed E-state index contributed by atoms with van der Waals surface area (Å²) >= 11 is 0. The summed E-state index contributed by atoms with van der Waals surface area (Å²) in [5.74, 6) is 0. The van der Waals surface area contributed by atoms with Crippen molar-refractivity contribution in [1.82, 2.24) is 0 Å². The molecule has 19 heavy (non-hydrogen) atoms. The molecule has 3 fully saturated rings. The van der Waals surface area contributed by atoms with Crippen molar-refractivity contribution < 1.29 is 9.47 Å². The number of hydrogen-bond donors (Lipinski definition) is 1. The van der Waals surface area contributed by atoms with Crippen molar-refractivity contribution in [3.63, 3.8) is 0 Å². The minimum atomic E-state index is -0.0138. The summed E-state index contributed by atoms with van der Waals surface area (Å²) in [6, 6.07) is 0. The van der Waals surface area contributed by atoms with Crippen molar-refractivity contribution in [3.8, 4) is 0 Å². The Morgan fingerprint density at radius 2 is 1.68 bits per heavy atom. The van der Waals surface area contributed by atoms with Gasteiger partial charge in [-0.3, -0.25) is 0 Å². The number of ether oxygens (including phenoxy) is 2. The Morgan fingerprint density at radius 1 is 1.00 bits per heavy atom. The van der Waals surface area contributed by atoms with E-state index in [1.54, 1.807) is 0 Å². The van der Waals surface area contributed by atoms with E-state index in [-0.39, 0.29) is 11.2 Å². The number of hydrogen-bond acceptors (Lipinski definition) is 3. The van der Waals surface area contributed by atoms with Crippen LogP contribution in [-0.2, 0) is 9.47 Å². The average Bonchev–Trinajstić information content (AvgIpc) is 2.88. The maximum absolute atomic E-state index is 6.55. The third kappa shape index (κ3) is 2.98. The molecule has 110 valence electrons. The van der Waals surface area contributed by atoms with Crippen LogP contribution in [0.5, 0.6) is 0 Å². The summed E-state index contributed by atoms with van der Waals surface area (Å²) in [4.78, 5) is 0. The van der Waals surface area contributed by atoms with Gasteiger partial charge >= 0.3 is 0 Å². The second-order valence-electron chi connectivity index (χ2n) is 6.92. The van der Waals surface area contributed by atoms with Gasteiger partial charge in [0, 0.05) is 19.6 Å². The largest absolute Gasteiger partial charge is 0.375 e. The van der Waals surface area contributed by atoms with Crippen LogP contribution in [0.25, 0.3) is 0 Å². The SMILES string of the molecule is NCC1(OC2CCOC3(CCCC3)C2)CCCCC1. The summed E-state index contributed by atoms with van der Waals surface area (Å²) < 4.78 is 12.7. The van der Waals surface area contributed by atoms with Crippen LogP contribution in [0.15, 0.2) is 0 Å². The maximum atomic E-state index is 6.55. The summed E-state index contributed by atoms with van der Waals surface area (Å²) in [6.45, 7) is 1.57. The molecule has 3 rings (SSSR count).